The number of anilines is 1. The Morgan fingerprint density at radius 3 is 3.00 bits per heavy atom. The molecule has 2 N–H and O–H groups in total. The molecule has 2 aromatic rings. The molecule has 2 heterocycles. The molecule has 0 aliphatic carbocycles. The van der Waals surface area contributed by atoms with Crippen LogP contribution in [0.25, 0.3) is 0 Å². The summed E-state index contributed by atoms with van der Waals surface area (Å²) in [5, 5.41) is 7.71. The Hall–Kier alpha value is -2.44. The molecule has 0 fully saturated rings. The Balaban J connectivity index is 1.85. The van der Waals surface area contributed by atoms with Crippen molar-refractivity contribution in [2.45, 2.75) is 13.1 Å². The van der Waals surface area contributed by atoms with Crippen LogP contribution < -0.4 is 5.73 Å². The number of hydrogen-bond donors (Lipinski definition) is 1. The third-order valence-corrected chi connectivity index (χ3v) is 3.15. The Morgan fingerprint density at radius 1 is 1.37 bits per heavy atom. The van der Waals surface area contributed by atoms with Crippen molar-refractivity contribution < 1.29 is 9.18 Å². The number of hydrogen-bond acceptors (Lipinski definition) is 4. The highest BCUT2D eigenvalue weighted by Gasteiger charge is 2.24. The minimum atomic E-state index is -0.600. The van der Waals surface area contributed by atoms with Crippen molar-refractivity contribution in [1.29, 1.82) is 0 Å². The molecule has 0 saturated carbocycles. The van der Waals surface area contributed by atoms with Gasteiger partial charge >= 0.3 is 0 Å². The molecule has 0 saturated heterocycles. The zero-order chi connectivity index (χ0) is 13.4. The zero-order valence-electron chi connectivity index (χ0n) is 10.1. The van der Waals surface area contributed by atoms with Crippen LogP contribution in [-0.2, 0) is 13.1 Å². The summed E-state index contributed by atoms with van der Waals surface area (Å²) in [4.78, 5) is 13.8. The van der Waals surface area contributed by atoms with Crippen LogP contribution in [0.5, 0.6) is 0 Å². The Morgan fingerprint density at radius 2 is 2.21 bits per heavy atom. The topological polar surface area (TPSA) is 77.0 Å². The van der Waals surface area contributed by atoms with Crippen LogP contribution in [-0.4, -0.2) is 32.1 Å². The van der Waals surface area contributed by atoms with Crippen molar-refractivity contribution in [2.75, 3.05) is 12.3 Å². The van der Waals surface area contributed by atoms with Gasteiger partial charge in [-0.15, -0.1) is 10.2 Å². The molecule has 0 spiro atoms. The molecule has 3 rings (SSSR count). The van der Waals surface area contributed by atoms with E-state index in [1.165, 1.54) is 12.1 Å². The maximum Gasteiger partial charge on any atom is 0.257 e. The van der Waals surface area contributed by atoms with Crippen LogP contribution in [0.2, 0.25) is 0 Å². The molecule has 19 heavy (non-hydrogen) atoms. The first kappa shape index (κ1) is 11.6. The van der Waals surface area contributed by atoms with E-state index in [9.17, 15) is 9.18 Å². The van der Waals surface area contributed by atoms with Crippen molar-refractivity contribution in [3.05, 3.63) is 41.7 Å². The van der Waals surface area contributed by atoms with Crippen molar-refractivity contribution in [3.63, 3.8) is 0 Å². The molecule has 1 aliphatic rings. The second kappa shape index (κ2) is 4.34. The fourth-order valence-corrected chi connectivity index (χ4v) is 2.11. The Bertz CT molecular complexity index is 639. The van der Waals surface area contributed by atoms with E-state index >= 15 is 0 Å². The number of halogens is 1. The fraction of sp³-hybridized carbons (Fsp3) is 0.250. The standard InChI is InChI=1S/C12H12FN5O/c13-10-5-8(14)1-2-9(10)12(19)17-3-4-18-7-15-16-11(18)6-17/h1-2,5,7H,3-4,6,14H2. The third-order valence-electron chi connectivity index (χ3n) is 3.15. The number of carbonyl (C=O) groups is 1. The highest BCUT2D eigenvalue weighted by Crippen LogP contribution is 2.17. The van der Waals surface area contributed by atoms with E-state index in [-0.39, 0.29) is 11.5 Å². The van der Waals surface area contributed by atoms with Gasteiger partial charge < -0.3 is 15.2 Å². The van der Waals surface area contributed by atoms with E-state index in [1.54, 1.807) is 11.2 Å². The first-order chi connectivity index (χ1) is 9.15. The number of fused-ring (bicyclic) bond motifs is 1. The lowest BCUT2D eigenvalue weighted by Gasteiger charge is -2.27. The number of benzene rings is 1. The van der Waals surface area contributed by atoms with Gasteiger partial charge in [-0.1, -0.05) is 0 Å². The molecular formula is C12H12FN5O. The first-order valence-electron chi connectivity index (χ1n) is 5.86. The SMILES string of the molecule is Nc1ccc(C(=O)N2CCn3cnnc3C2)c(F)c1. The predicted molar refractivity (Wildman–Crippen MR) is 65.6 cm³/mol. The molecular weight excluding hydrogens is 249 g/mol. The summed E-state index contributed by atoms with van der Waals surface area (Å²) in [6.45, 7) is 1.46. The van der Waals surface area contributed by atoms with Gasteiger partial charge in [0.1, 0.15) is 12.1 Å². The van der Waals surface area contributed by atoms with Crippen molar-refractivity contribution in [1.82, 2.24) is 19.7 Å². The number of aromatic nitrogens is 3. The lowest BCUT2D eigenvalue weighted by molar-refractivity contribution is 0.0702. The number of nitrogen functional groups attached to an aromatic ring is 1. The molecule has 0 atom stereocenters. The van der Waals surface area contributed by atoms with Crippen LogP contribution in [0.1, 0.15) is 16.2 Å². The smallest absolute Gasteiger partial charge is 0.257 e. The number of amides is 1. The second-order valence-corrected chi connectivity index (χ2v) is 4.41. The van der Waals surface area contributed by atoms with E-state index in [1.807, 2.05) is 4.57 Å². The van der Waals surface area contributed by atoms with Gasteiger partial charge in [-0.05, 0) is 18.2 Å². The summed E-state index contributed by atoms with van der Waals surface area (Å²) in [7, 11) is 0. The summed E-state index contributed by atoms with van der Waals surface area (Å²) in [5.74, 6) is -0.251. The van der Waals surface area contributed by atoms with Gasteiger partial charge in [-0.25, -0.2) is 4.39 Å². The van der Waals surface area contributed by atoms with Gasteiger partial charge in [0.2, 0.25) is 0 Å². The fourth-order valence-electron chi connectivity index (χ4n) is 2.11. The third kappa shape index (κ3) is 2.03. The highest BCUT2D eigenvalue weighted by molar-refractivity contribution is 5.94. The molecule has 1 amide bonds. The quantitative estimate of drug-likeness (QED) is 0.765. The summed E-state index contributed by atoms with van der Waals surface area (Å²) in [6.07, 6.45) is 1.63. The number of nitrogens with two attached hydrogens (primary N) is 1. The van der Waals surface area contributed by atoms with Crippen molar-refractivity contribution in [2.24, 2.45) is 0 Å². The number of carbonyl (C=O) groups excluding carboxylic acids is 1. The van der Waals surface area contributed by atoms with E-state index in [2.05, 4.69) is 10.2 Å². The predicted octanol–water partition coefficient (Wildman–Crippen LogP) is 0.655. The monoisotopic (exact) mass is 261 g/mol. The van der Waals surface area contributed by atoms with Gasteiger partial charge in [0.25, 0.3) is 5.91 Å². The lowest BCUT2D eigenvalue weighted by atomic mass is 10.1. The molecule has 0 radical (unpaired) electrons. The van der Waals surface area contributed by atoms with Crippen LogP contribution in [0.3, 0.4) is 0 Å². The molecule has 1 aromatic carbocycles. The molecule has 7 heteroatoms. The minimum absolute atomic E-state index is 0.0298. The molecule has 1 aromatic heterocycles. The molecule has 0 unspecified atom stereocenters. The van der Waals surface area contributed by atoms with Gasteiger partial charge in [-0.3, -0.25) is 4.79 Å². The Kier molecular flexibility index (Phi) is 2.66. The van der Waals surface area contributed by atoms with Gasteiger partial charge in [0.05, 0.1) is 12.1 Å². The van der Waals surface area contributed by atoms with Crippen LogP contribution in [0.15, 0.2) is 24.5 Å². The first-order valence-corrected chi connectivity index (χ1v) is 5.86. The van der Waals surface area contributed by atoms with E-state index in [0.29, 0.717) is 31.1 Å². The lowest BCUT2D eigenvalue weighted by Crippen LogP contribution is -2.38. The van der Waals surface area contributed by atoms with Crippen LogP contribution >= 0.6 is 0 Å². The molecule has 6 nitrogen and oxygen atoms in total. The van der Waals surface area contributed by atoms with E-state index in [0.717, 1.165) is 6.07 Å². The van der Waals surface area contributed by atoms with Crippen LogP contribution in [0.4, 0.5) is 10.1 Å². The maximum atomic E-state index is 13.7. The summed E-state index contributed by atoms with van der Waals surface area (Å²) in [5.41, 5.74) is 5.80. The highest BCUT2D eigenvalue weighted by atomic mass is 19.1. The normalized spacial score (nSPS) is 14.3. The largest absolute Gasteiger partial charge is 0.399 e. The Labute approximate surface area is 108 Å². The van der Waals surface area contributed by atoms with Gasteiger partial charge in [0.15, 0.2) is 5.82 Å². The van der Waals surface area contributed by atoms with Gasteiger partial charge in [0, 0.05) is 18.8 Å². The number of rotatable bonds is 1. The van der Waals surface area contributed by atoms with Crippen molar-refractivity contribution >= 4 is 11.6 Å². The van der Waals surface area contributed by atoms with Crippen LogP contribution in [0, 0.1) is 5.82 Å². The minimum Gasteiger partial charge on any atom is -0.399 e. The summed E-state index contributed by atoms with van der Waals surface area (Å²) in [6, 6.07) is 4.08. The summed E-state index contributed by atoms with van der Waals surface area (Å²) < 4.78 is 15.6. The average Bonchev–Trinajstić information content (AvgIpc) is 2.85. The second-order valence-electron chi connectivity index (χ2n) is 4.41. The van der Waals surface area contributed by atoms with E-state index in [4.69, 9.17) is 5.73 Å². The number of nitrogens with zero attached hydrogens (tertiary/aromatic N) is 4. The van der Waals surface area contributed by atoms with Gasteiger partial charge in [-0.2, -0.15) is 0 Å². The molecule has 98 valence electrons. The average molecular weight is 261 g/mol. The van der Waals surface area contributed by atoms with E-state index < -0.39 is 5.82 Å². The van der Waals surface area contributed by atoms with Crippen molar-refractivity contribution in [3.8, 4) is 0 Å². The zero-order valence-corrected chi connectivity index (χ0v) is 10.1. The molecule has 0 bridgehead atoms. The summed E-state index contributed by atoms with van der Waals surface area (Å²) >= 11 is 0. The molecule has 1 aliphatic heterocycles. The maximum absolute atomic E-state index is 13.7.